The molecule has 0 amide bonds. The summed E-state index contributed by atoms with van der Waals surface area (Å²) in [4.78, 5) is 0.622. The largest absolute Gasteiger partial charge is 0.290 e. The predicted molar refractivity (Wildman–Crippen MR) is 44.9 cm³/mol. The molecule has 11 heavy (non-hydrogen) atoms. The van der Waals surface area contributed by atoms with Crippen molar-refractivity contribution in [1.29, 1.82) is 0 Å². The quantitative estimate of drug-likeness (QED) is 0.713. The number of rotatable bonds is 2. The van der Waals surface area contributed by atoms with Gasteiger partial charge < -0.3 is 0 Å². The van der Waals surface area contributed by atoms with Crippen LogP contribution < -0.4 is 0 Å². The molecule has 0 aromatic heterocycles. The Morgan fingerprint density at radius 3 is 2.36 bits per heavy atom. The zero-order valence-electron chi connectivity index (χ0n) is 5.91. The Kier molecular flexibility index (Phi) is 3.05. The molecule has 1 aromatic rings. The second-order valence-electron chi connectivity index (χ2n) is 1.86. The van der Waals surface area contributed by atoms with Gasteiger partial charge in [0.15, 0.2) is 11.1 Å². The summed E-state index contributed by atoms with van der Waals surface area (Å²) in [6.07, 6.45) is 0. The Morgan fingerprint density at radius 1 is 1.36 bits per heavy atom. The molecule has 0 aliphatic rings. The van der Waals surface area contributed by atoms with Crippen molar-refractivity contribution in [3.63, 3.8) is 0 Å². The maximum absolute atomic E-state index is 11.0. The van der Waals surface area contributed by atoms with Gasteiger partial charge in [-0.05, 0) is 24.3 Å². The van der Waals surface area contributed by atoms with Crippen molar-refractivity contribution in [1.82, 2.24) is 0 Å². The standard InChI is InChI=1S/C7H7ClO2S/c1-10-11(9)7-4-2-6(8)3-5-7/h2-5H,1H3. The van der Waals surface area contributed by atoms with Crippen molar-refractivity contribution >= 4 is 22.7 Å². The highest BCUT2D eigenvalue weighted by Crippen LogP contribution is 2.12. The molecule has 1 unspecified atom stereocenters. The lowest BCUT2D eigenvalue weighted by Crippen LogP contribution is -1.91. The molecule has 0 heterocycles. The molecule has 60 valence electrons. The minimum absolute atomic E-state index is 0.622. The normalized spacial score (nSPS) is 12.9. The summed E-state index contributed by atoms with van der Waals surface area (Å²) in [5.41, 5.74) is 0. The van der Waals surface area contributed by atoms with Crippen LogP contribution in [0.15, 0.2) is 29.2 Å². The molecule has 0 fully saturated rings. The molecular formula is C7H7ClO2S. The Hall–Kier alpha value is -0.380. The summed E-state index contributed by atoms with van der Waals surface area (Å²) in [5.74, 6) is 0. The van der Waals surface area contributed by atoms with Crippen LogP contribution in [0.5, 0.6) is 0 Å². The van der Waals surface area contributed by atoms with Gasteiger partial charge in [-0.15, -0.1) is 0 Å². The number of benzene rings is 1. The topological polar surface area (TPSA) is 26.3 Å². The highest BCUT2D eigenvalue weighted by atomic mass is 35.5. The van der Waals surface area contributed by atoms with Crippen LogP contribution in [-0.2, 0) is 15.3 Å². The van der Waals surface area contributed by atoms with Gasteiger partial charge in [0.2, 0.25) is 0 Å². The van der Waals surface area contributed by atoms with Crippen LogP contribution in [0.1, 0.15) is 0 Å². The maximum atomic E-state index is 11.0. The van der Waals surface area contributed by atoms with Crippen molar-refractivity contribution in [2.24, 2.45) is 0 Å². The third-order valence-corrected chi connectivity index (χ3v) is 2.37. The fourth-order valence-electron chi connectivity index (χ4n) is 0.642. The third kappa shape index (κ3) is 2.29. The smallest absolute Gasteiger partial charge is 0.188 e. The van der Waals surface area contributed by atoms with Crippen molar-refractivity contribution in [3.05, 3.63) is 29.3 Å². The summed E-state index contributed by atoms with van der Waals surface area (Å²) in [6.45, 7) is 0. The minimum Gasteiger partial charge on any atom is -0.290 e. The van der Waals surface area contributed by atoms with E-state index in [2.05, 4.69) is 4.18 Å². The zero-order chi connectivity index (χ0) is 8.27. The molecule has 2 nitrogen and oxygen atoms in total. The van der Waals surface area contributed by atoms with E-state index in [1.807, 2.05) is 0 Å². The summed E-state index contributed by atoms with van der Waals surface area (Å²) >= 11 is 4.26. The van der Waals surface area contributed by atoms with Crippen LogP contribution in [0.4, 0.5) is 0 Å². The summed E-state index contributed by atoms with van der Waals surface area (Å²) < 4.78 is 15.6. The molecular weight excluding hydrogens is 184 g/mol. The van der Waals surface area contributed by atoms with Gasteiger partial charge in [0.25, 0.3) is 0 Å². The fourth-order valence-corrected chi connectivity index (χ4v) is 1.32. The Balaban J connectivity index is 2.90. The van der Waals surface area contributed by atoms with E-state index in [0.29, 0.717) is 9.92 Å². The summed E-state index contributed by atoms with van der Waals surface area (Å²) in [6, 6.07) is 6.69. The van der Waals surface area contributed by atoms with E-state index in [0.717, 1.165) is 0 Å². The van der Waals surface area contributed by atoms with Crippen molar-refractivity contribution < 1.29 is 8.39 Å². The lowest BCUT2D eigenvalue weighted by Gasteiger charge is -1.96. The van der Waals surface area contributed by atoms with Crippen molar-refractivity contribution in [2.45, 2.75) is 4.90 Å². The first-order chi connectivity index (χ1) is 5.24. The van der Waals surface area contributed by atoms with Crippen LogP contribution in [-0.4, -0.2) is 11.3 Å². The predicted octanol–water partition coefficient (Wildman–Crippen LogP) is 2.01. The molecule has 0 spiro atoms. The van der Waals surface area contributed by atoms with E-state index in [1.54, 1.807) is 24.3 Å². The van der Waals surface area contributed by atoms with Gasteiger partial charge in [0.05, 0.1) is 12.0 Å². The molecule has 1 rings (SSSR count). The SMILES string of the molecule is COS(=O)c1ccc(Cl)cc1. The van der Waals surface area contributed by atoms with Crippen LogP contribution in [0.2, 0.25) is 5.02 Å². The molecule has 0 radical (unpaired) electrons. The molecule has 1 atom stereocenters. The van der Waals surface area contributed by atoms with Crippen molar-refractivity contribution in [3.8, 4) is 0 Å². The van der Waals surface area contributed by atoms with Crippen LogP contribution in [0.25, 0.3) is 0 Å². The van der Waals surface area contributed by atoms with Gasteiger partial charge >= 0.3 is 0 Å². The van der Waals surface area contributed by atoms with Crippen LogP contribution in [0, 0.1) is 0 Å². The highest BCUT2D eigenvalue weighted by Gasteiger charge is 1.99. The van der Waals surface area contributed by atoms with Gasteiger partial charge in [-0.3, -0.25) is 4.18 Å². The second-order valence-corrected chi connectivity index (χ2v) is 3.57. The maximum Gasteiger partial charge on any atom is 0.188 e. The highest BCUT2D eigenvalue weighted by molar-refractivity contribution is 7.80. The first kappa shape index (κ1) is 8.71. The monoisotopic (exact) mass is 190 g/mol. The average molecular weight is 191 g/mol. The molecule has 0 N–H and O–H groups in total. The number of hydrogen-bond acceptors (Lipinski definition) is 2. The van der Waals surface area contributed by atoms with E-state index in [1.165, 1.54) is 7.11 Å². The van der Waals surface area contributed by atoms with Crippen LogP contribution >= 0.6 is 11.6 Å². The van der Waals surface area contributed by atoms with Gasteiger partial charge in [-0.25, -0.2) is 4.21 Å². The van der Waals surface area contributed by atoms with Gasteiger partial charge in [0, 0.05) is 5.02 Å². The first-order valence-electron chi connectivity index (χ1n) is 2.96. The molecule has 0 aliphatic carbocycles. The molecule has 0 bridgehead atoms. The lowest BCUT2D eigenvalue weighted by atomic mass is 10.4. The molecule has 0 saturated carbocycles. The molecule has 1 aromatic carbocycles. The van der Waals surface area contributed by atoms with Gasteiger partial charge in [-0.1, -0.05) is 11.6 Å². The van der Waals surface area contributed by atoms with E-state index in [4.69, 9.17) is 11.6 Å². The van der Waals surface area contributed by atoms with Gasteiger partial charge in [-0.2, -0.15) is 0 Å². The third-order valence-electron chi connectivity index (χ3n) is 1.16. The van der Waals surface area contributed by atoms with Crippen LogP contribution in [0.3, 0.4) is 0 Å². The second kappa shape index (κ2) is 3.85. The Morgan fingerprint density at radius 2 is 1.91 bits per heavy atom. The summed E-state index contributed by atoms with van der Waals surface area (Å²) in [5, 5.41) is 0.627. The lowest BCUT2D eigenvalue weighted by molar-refractivity contribution is 0.446. The fraction of sp³-hybridized carbons (Fsp3) is 0.143. The van der Waals surface area contributed by atoms with E-state index in [9.17, 15) is 4.21 Å². The van der Waals surface area contributed by atoms with E-state index < -0.39 is 11.1 Å². The van der Waals surface area contributed by atoms with E-state index >= 15 is 0 Å². The molecule has 4 heteroatoms. The number of hydrogen-bond donors (Lipinski definition) is 0. The first-order valence-corrected chi connectivity index (χ1v) is 4.41. The average Bonchev–Trinajstić information content (AvgIpc) is 2.05. The molecule has 0 saturated heterocycles. The Labute approximate surface area is 72.8 Å². The van der Waals surface area contributed by atoms with Gasteiger partial charge in [0.1, 0.15) is 0 Å². The van der Waals surface area contributed by atoms with Crippen molar-refractivity contribution in [2.75, 3.05) is 7.11 Å². The Bertz CT molecular complexity index is 258. The number of halogens is 1. The summed E-state index contributed by atoms with van der Waals surface area (Å²) in [7, 11) is 1.39. The minimum atomic E-state index is -1.36. The zero-order valence-corrected chi connectivity index (χ0v) is 7.48. The van der Waals surface area contributed by atoms with E-state index in [-0.39, 0.29) is 0 Å². The molecule has 0 aliphatic heterocycles.